The highest BCUT2D eigenvalue weighted by Crippen LogP contribution is 2.23. The van der Waals surface area contributed by atoms with Gasteiger partial charge in [0, 0.05) is 6.42 Å². The van der Waals surface area contributed by atoms with Crippen molar-refractivity contribution in [2.24, 2.45) is 0 Å². The molecular weight excluding hydrogens is 152 g/mol. The van der Waals surface area contributed by atoms with Crippen molar-refractivity contribution in [3.05, 3.63) is 0 Å². The van der Waals surface area contributed by atoms with Gasteiger partial charge in [-0.1, -0.05) is 26.2 Å². The second-order valence-electron chi connectivity index (χ2n) is 3.78. The average Bonchev–Trinajstić information content (AvgIpc) is 2.31. The fourth-order valence-electron chi connectivity index (χ4n) is 1.79. The molecule has 0 radical (unpaired) electrons. The maximum absolute atomic E-state index is 9.53. The molecule has 0 spiro atoms. The van der Waals surface area contributed by atoms with Crippen molar-refractivity contribution in [2.75, 3.05) is 0 Å². The van der Waals surface area contributed by atoms with Gasteiger partial charge >= 0.3 is 0 Å². The topological polar surface area (TPSA) is 29.5 Å². The molecule has 2 heteroatoms. The van der Waals surface area contributed by atoms with Gasteiger partial charge in [-0.15, -0.1) is 0 Å². The van der Waals surface area contributed by atoms with Crippen LogP contribution < -0.4 is 0 Å². The van der Waals surface area contributed by atoms with Crippen LogP contribution in [0, 0.1) is 0 Å². The lowest BCUT2D eigenvalue weighted by Gasteiger charge is -2.13. The van der Waals surface area contributed by atoms with Crippen LogP contribution in [0.2, 0.25) is 0 Å². The zero-order valence-corrected chi connectivity index (χ0v) is 8.12. The van der Waals surface area contributed by atoms with Crippen LogP contribution in [0.3, 0.4) is 0 Å². The molecule has 1 fully saturated rings. The van der Waals surface area contributed by atoms with E-state index in [-0.39, 0.29) is 18.3 Å². The highest BCUT2D eigenvalue weighted by atomic mass is 16.5. The standard InChI is InChI=1S/C10H20O2/c1-3-4-5-6-10-9(11)7-8(2)12-10/h8-11H,3-7H2,1-2H3. The minimum atomic E-state index is -0.211. The van der Waals surface area contributed by atoms with E-state index in [1.165, 1.54) is 19.3 Å². The van der Waals surface area contributed by atoms with Crippen molar-refractivity contribution in [2.45, 2.75) is 64.3 Å². The predicted molar refractivity (Wildman–Crippen MR) is 49.1 cm³/mol. The third kappa shape index (κ3) is 2.76. The van der Waals surface area contributed by atoms with E-state index in [0.717, 1.165) is 12.8 Å². The van der Waals surface area contributed by atoms with Gasteiger partial charge in [-0.3, -0.25) is 0 Å². The summed E-state index contributed by atoms with van der Waals surface area (Å²) in [5.74, 6) is 0. The van der Waals surface area contributed by atoms with E-state index in [4.69, 9.17) is 4.74 Å². The normalized spacial score (nSPS) is 35.8. The first-order chi connectivity index (χ1) is 5.74. The molecule has 1 saturated heterocycles. The average molecular weight is 172 g/mol. The Morgan fingerprint density at radius 3 is 2.67 bits per heavy atom. The van der Waals surface area contributed by atoms with Crippen molar-refractivity contribution in [1.82, 2.24) is 0 Å². The summed E-state index contributed by atoms with van der Waals surface area (Å²) >= 11 is 0. The molecular formula is C10H20O2. The third-order valence-corrected chi connectivity index (χ3v) is 2.50. The molecule has 72 valence electrons. The van der Waals surface area contributed by atoms with E-state index < -0.39 is 0 Å². The molecule has 0 aromatic carbocycles. The van der Waals surface area contributed by atoms with E-state index in [1.54, 1.807) is 0 Å². The van der Waals surface area contributed by atoms with Gasteiger partial charge in [-0.25, -0.2) is 0 Å². The Morgan fingerprint density at radius 2 is 2.17 bits per heavy atom. The van der Waals surface area contributed by atoms with Crippen LogP contribution in [-0.2, 0) is 4.74 Å². The summed E-state index contributed by atoms with van der Waals surface area (Å²) in [4.78, 5) is 0. The predicted octanol–water partition coefficient (Wildman–Crippen LogP) is 2.11. The van der Waals surface area contributed by atoms with Crippen molar-refractivity contribution < 1.29 is 9.84 Å². The Labute approximate surface area is 74.9 Å². The Bertz CT molecular complexity index is 125. The number of aliphatic hydroxyl groups is 1. The van der Waals surface area contributed by atoms with E-state index >= 15 is 0 Å². The maximum atomic E-state index is 9.53. The third-order valence-electron chi connectivity index (χ3n) is 2.50. The second kappa shape index (κ2) is 4.83. The quantitative estimate of drug-likeness (QED) is 0.658. The number of hydrogen-bond acceptors (Lipinski definition) is 2. The molecule has 1 heterocycles. The summed E-state index contributed by atoms with van der Waals surface area (Å²) in [6.45, 7) is 4.22. The van der Waals surface area contributed by atoms with Gasteiger partial charge in [0.25, 0.3) is 0 Å². The number of rotatable bonds is 4. The Kier molecular flexibility index (Phi) is 4.02. The lowest BCUT2D eigenvalue weighted by atomic mass is 10.1. The van der Waals surface area contributed by atoms with Crippen molar-refractivity contribution >= 4 is 0 Å². The SMILES string of the molecule is CCCCCC1OC(C)CC1O. The first-order valence-electron chi connectivity index (χ1n) is 5.07. The highest BCUT2D eigenvalue weighted by molar-refractivity contribution is 4.79. The number of ether oxygens (including phenoxy) is 1. The van der Waals surface area contributed by atoms with Crippen LogP contribution in [0.4, 0.5) is 0 Å². The summed E-state index contributed by atoms with van der Waals surface area (Å²) in [7, 11) is 0. The molecule has 2 nitrogen and oxygen atoms in total. The molecule has 0 aromatic rings. The number of unbranched alkanes of at least 4 members (excludes halogenated alkanes) is 2. The van der Waals surface area contributed by atoms with Gasteiger partial charge in [-0.05, 0) is 13.3 Å². The molecule has 0 saturated carbocycles. The minimum absolute atomic E-state index is 0.117. The van der Waals surface area contributed by atoms with E-state index in [9.17, 15) is 5.11 Å². The van der Waals surface area contributed by atoms with Gasteiger partial charge in [0.2, 0.25) is 0 Å². The second-order valence-corrected chi connectivity index (χ2v) is 3.78. The van der Waals surface area contributed by atoms with Crippen LogP contribution in [0.5, 0.6) is 0 Å². The Hall–Kier alpha value is -0.0800. The zero-order valence-electron chi connectivity index (χ0n) is 8.12. The van der Waals surface area contributed by atoms with Crippen LogP contribution in [-0.4, -0.2) is 23.4 Å². The molecule has 0 bridgehead atoms. The molecule has 0 amide bonds. The largest absolute Gasteiger partial charge is 0.390 e. The van der Waals surface area contributed by atoms with Gasteiger partial charge < -0.3 is 9.84 Å². The molecule has 0 aromatic heterocycles. The van der Waals surface area contributed by atoms with Gasteiger partial charge in [0.05, 0.1) is 18.3 Å². The first kappa shape index (κ1) is 10.0. The first-order valence-corrected chi connectivity index (χ1v) is 5.07. The molecule has 1 rings (SSSR count). The fraction of sp³-hybridized carbons (Fsp3) is 1.00. The molecule has 0 aliphatic carbocycles. The highest BCUT2D eigenvalue weighted by Gasteiger charge is 2.30. The summed E-state index contributed by atoms with van der Waals surface area (Å²) in [5.41, 5.74) is 0. The van der Waals surface area contributed by atoms with Gasteiger partial charge in [0.1, 0.15) is 0 Å². The van der Waals surface area contributed by atoms with E-state index in [1.807, 2.05) is 6.92 Å². The maximum Gasteiger partial charge on any atom is 0.0838 e. The molecule has 1 N–H and O–H groups in total. The zero-order chi connectivity index (χ0) is 8.97. The van der Waals surface area contributed by atoms with Crippen molar-refractivity contribution in [3.63, 3.8) is 0 Å². The molecule has 1 aliphatic rings. The molecule has 12 heavy (non-hydrogen) atoms. The van der Waals surface area contributed by atoms with Crippen molar-refractivity contribution in [1.29, 1.82) is 0 Å². The lowest BCUT2D eigenvalue weighted by Crippen LogP contribution is -2.20. The Balaban J connectivity index is 2.15. The van der Waals surface area contributed by atoms with Gasteiger partial charge in [-0.2, -0.15) is 0 Å². The number of aliphatic hydroxyl groups excluding tert-OH is 1. The summed E-state index contributed by atoms with van der Waals surface area (Å²) in [5, 5.41) is 9.53. The van der Waals surface area contributed by atoms with Crippen LogP contribution in [0.15, 0.2) is 0 Å². The van der Waals surface area contributed by atoms with E-state index in [2.05, 4.69) is 6.92 Å². The fourth-order valence-corrected chi connectivity index (χ4v) is 1.79. The van der Waals surface area contributed by atoms with Crippen LogP contribution in [0.25, 0.3) is 0 Å². The summed E-state index contributed by atoms with van der Waals surface area (Å²) in [6, 6.07) is 0. The van der Waals surface area contributed by atoms with E-state index in [0.29, 0.717) is 0 Å². The monoisotopic (exact) mass is 172 g/mol. The summed E-state index contributed by atoms with van der Waals surface area (Å²) in [6.07, 6.45) is 5.68. The molecule has 1 aliphatic heterocycles. The molecule has 3 atom stereocenters. The smallest absolute Gasteiger partial charge is 0.0838 e. The summed E-state index contributed by atoms with van der Waals surface area (Å²) < 4.78 is 5.57. The van der Waals surface area contributed by atoms with Crippen LogP contribution in [0.1, 0.15) is 46.0 Å². The van der Waals surface area contributed by atoms with Gasteiger partial charge in [0.15, 0.2) is 0 Å². The van der Waals surface area contributed by atoms with Crippen LogP contribution >= 0.6 is 0 Å². The number of hydrogen-bond donors (Lipinski definition) is 1. The minimum Gasteiger partial charge on any atom is -0.390 e. The lowest BCUT2D eigenvalue weighted by molar-refractivity contribution is 0.01000. The Morgan fingerprint density at radius 1 is 1.42 bits per heavy atom. The molecule has 3 unspecified atom stereocenters. The van der Waals surface area contributed by atoms with Crippen molar-refractivity contribution in [3.8, 4) is 0 Å².